The molecule has 2 aliphatic heterocycles. The van der Waals surface area contributed by atoms with Crippen LogP contribution in [0.5, 0.6) is 0 Å². The van der Waals surface area contributed by atoms with Crippen LogP contribution in [-0.4, -0.2) is 100.0 Å². The first-order chi connectivity index (χ1) is 26.8. The number of urea groups is 1. The summed E-state index contributed by atoms with van der Waals surface area (Å²) in [5.41, 5.74) is -0.863. The molecule has 2 heterocycles. The van der Waals surface area contributed by atoms with Crippen molar-refractivity contribution >= 4 is 41.4 Å². The number of Topliss-reactive ketones (excluding diaryl/α,β-unsaturated/α-hetero) is 1. The summed E-state index contributed by atoms with van der Waals surface area (Å²) < 4.78 is 0. The van der Waals surface area contributed by atoms with Gasteiger partial charge in [0.2, 0.25) is 29.4 Å². The molecule has 7 amide bonds. The van der Waals surface area contributed by atoms with Crippen LogP contribution in [0.2, 0.25) is 0 Å². The van der Waals surface area contributed by atoms with E-state index in [-0.39, 0.29) is 72.7 Å². The zero-order chi connectivity index (χ0) is 41.4. The third kappa shape index (κ3) is 9.41. The van der Waals surface area contributed by atoms with Crippen molar-refractivity contribution in [3.05, 3.63) is 12.7 Å². The van der Waals surface area contributed by atoms with Crippen LogP contribution in [0.4, 0.5) is 4.79 Å². The molecule has 2 saturated heterocycles. The standard InChI is InChI=1S/C43H67N7O7/c1-7-20-50(44)39(56)36(53)30(21-26-12-11-13-26)45-37(54)35-28-16-17-43(18-19-43)29(28)24-49(35)38(55)34(27-14-9-8-10-15-27)47-40(57)46-31(41(2,3)4)25-48-32(51)22-42(5,6)23-33(48)52/h7,26-31,34-35H,1,8-25,44H2,2-6H3,(H,45,54)(H2,46,47,57)/t28-,29-,30?,31+,34-,35-/m0/s1. The number of piperidine rings is 1. The van der Waals surface area contributed by atoms with Gasteiger partial charge in [-0.1, -0.05) is 79.2 Å². The van der Waals surface area contributed by atoms with Crippen LogP contribution >= 0.6 is 0 Å². The van der Waals surface area contributed by atoms with E-state index in [2.05, 4.69) is 22.5 Å². The molecule has 0 aromatic rings. The van der Waals surface area contributed by atoms with Gasteiger partial charge in [-0.3, -0.25) is 38.7 Å². The Kier molecular flexibility index (Phi) is 12.6. The number of nitrogens with zero attached hydrogens (tertiary/aromatic N) is 3. The predicted molar refractivity (Wildman–Crippen MR) is 213 cm³/mol. The van der Waals surface area contributed by atoms with Crippen molar-refractivity contribution in [3.8, 4) is 0 Å². The van der Waals surface area contributed by atoms with Crippen LogP contribution < -0.4 is 21.8 Å². The number of amides is 7. The SMILES string of the molecule is C=CCN(N)C(=O)C(=O)C(CC1CCC1)NC(=O)[C@@H]1[C@H]2CCC3(CC3)[C@H]2CN1C(=O)[C@@H](NC(=O)N[C@H](CN1C(=O)CC(C)(C)CC1=O)C(C)(C)C)C1CCCCC1. The lowest BCUT2D eigenvalue weighted by atomic mass is 9.80. The number of fused-ring (bicyclic) bond motifs is 2. The highest BCUT2D eigenvalue weighted by Gasteiger charge is 2.64. The minimum Gasteiger partial charge on any atom is -0.344 e. The molecule has 0 radical (unpaired) electrons. The average molecular weight is 794 g/mol. The molecule has 0 bridgehead atoms. The molecule has 6 atom stereocenters. The molecule has 1 unspecified atom stereocenters. The Morgan fingerprint density at radius 3 is 2.12 bits per heavy atom. The highest BCUT2D eigenvalue weighted by molar-refractivity contribution is 6.38. The van der Waals surface area contributed by atoms with Crippen LogP contribution in [0.1, 0.15) is 131 Å². The summed E-state index contributed by atoms with van der Waals surface area (Å²) in [7, 11) is 0. The number of ketones is 1. The first-order valence-corrected chi connectivity index (χ1v) is 21.6. The molecule has 0 aromatic heterocycles. The monoisotopic (exact) mass is 794 g/mol. The number of rotatable bonds is 14. The summed E-state index contributed by atoms with van der Waals surface area (Å²) in [6, 6.07) is -4.00. The molecular formula is C43H67N7O7. The third-order valence-corrected chi connectivity index (χ3v) is 14.3. The number of hydrogen-bond acceptors (Lipinski definition) is 8. The molecule has 6 fully saturated rings. The Morgan fingerprint density at radius 1 is 0.912 bits per heavy atom. The number of likely N-dealkylation sites (tertiary alicyclic amines) is 2. The lowest BCUT2D eigenvalue weighted by molar-refractivity contribution is -0.153. The maximum absolute atomic E-state index is 15.1. The van der Waals surface area contributed by atoms with E-state index in [1.807, 2.05) is 34.6 Å². The van der Waals surface area contributed by atoms with Gasteiger partial charge >= 0.3 is 11.9 Å². The number of carbonyl (C=O) groups excluding carboxylic acids is 7. The Morgan fingerprint density at radius 2 is 1.56 bits per heavy atom. The highest BCUT2D eigenvalue weighted by atomic mass is 16.2. The second kappa shape index (κ2) is 16.8. The highest BCUT2D eigenvalue weighted by Crippen LogP contribution is 2.66. The zero-order valence-corrected chi connectivity index (χ0v) is 34.9. The Labute approximate surface area is 338 Å². The van der Waals surface area contributed by atoms with Gasteiger partial charge in [-0.05, 0) is 84.9 Å². The Balaban J connectivity index is 1.23. The number of imide groups is 1. The molecule has 6 rings (SSSR count). The summed E-state index contributed by atoms with van der Waals surface area (Å²) in [6.07, 6.45) is 13.3. The second-order valence-corrected chi connectivity index (χ2v) is 20.1. The van der Waals surface area contributed by atoms with Gasteiger partial charge in [0.1, 0.15) is 12.1 Å². The molecule has 4 saturated carbocycles. The van der Waals surface area contributed by atoms with Gasteiger partial charge in [0.05, 0.1) is 18.6 Å². The van der Waals surface area contributed by atoms with Gasteiger partial charge in [-0.15, -0.1) is 6.58 Å². The lowest BCUT2D eigenvalue weighted by Crippen LogP contribution is -2.62. The summed E-state index contributed by atoms with van der Waals surface area (Å²) in [5.74, 6) is 3.00. The third-order valence-electron chi connectivity index (χ3n) is 14.3. The summed E-state index contributed by atoms with van der Waals surface area (Å²) in [4.78, 5) is 99.7. The van der Waals surface area contributed by atoms with Crippen molar-refractivity contribution in [2.75, 3.05) is 19.6 Å². The summed E-state index contributed by atoms with van der Waals surface area (Å²) in [5, 5.41) is 9.86. The lowest BCUT2D eigenvalue weighted by Gasteiger charge is -2.40. The molecule has 5 N–H and O–H groups in total. The van der Waals surface area contributed by atoms with E-state index < -0.39 is 58.6 Å². The van der Waals surface area contributed by atoms with Gasteiger partial charge in [-0.2, -0.15) is 0 Å². The molecule has 4 aliphatic carbocycles. The van der Waals surface area contributed by atoms with Crippen molar-refractivity contribution in [2.24, 2.45) is 45.8 Å². The van der Waals surface area contributed by atoms with Crippen LogP contribution in [0, 0.1) is 39.9 Å². The van der Waals surface area contributed by atoms with E-state index in [4.69, 9.17) is 5.84 Å². The van der Waals surface area contributed by atoms with Crippen molar-refractivity contribution in [1.82, 2.24) is 30.8 Å². The maximum atomic E-state index is 15.1. The Hall–Kier alpha value is -3.81. The van der Waals surface area contributed by atoms with Gasteiger partial charge in [0.15, 0.2) is 0 Å². The molecule has 316 valence electrons. The quantitative estimate of drug-likeness (QED) is 0.0507. The molecule has 0 aromatic carbocycles. The van der Waals surface area contributed by atoms with E-state index in [1.54, 1.807) is 4.90 Å². The number of nitrogens with one attached hydrogen (secondary N) is 3. The van der Waals surface area contributed by atoms with Crippen molar-refractivity contribution < 1.29 is 33.6 Å². The summed E-state index contributed by atoms with van der Waals surface area (Å²) >= 11 is 0. The average Bonchev–Trinajstić information content (AvgIpc) is 3.69. The van der Waals surface area contributed by atoms with E-state index in [0.29, 0.717) is 13.0 Å². The van der Waals surface area contributed by atoms with E-state index in [9.17, 15) is 28.8 Å². The van der Waals surface area contributed by atoms with Crippen LogP contribution in [-0.2, 0) is 28.8 Å². The normalized spacial score (nSPS) is 27.2. The van der Waals surface area contributed by atoms with E-state index >= 15 is 4.79 Å². The molecule has 14 heteroatoms. The number of nitrogens with two attached hydrogens (primary N) is 1. The van der Waals surface area contributed by atoms with Crippen LogP contribution in [0.15, 0.2) is 12.7 Å². The minimum absolute atomic E-state index is 0.0160. The first-order valence-electron chi connectivity index (χ1n) is 21.6. The van der Waals surface area contributed by atoms with Crippen LogP contribution in [0.25, 0.3) is 0 Å². The van der Waals surface area contributed by atoms with Gasteiger partial charge < -0.3 is 20.9 Å². The fourth-order valence-electron chi connectivity index (χ4n) is 10.5. The van der Waals surface area contributed by atoms with Crippen molar-refractivity contribution in [3.63, 3.8) is 0 Å². The fraction of sp³-hybridized carbons (Fsp3) is 0.791. The van der Waals surface area contributed by atoms with Crippen molar-refractivity contribution in [2.45, 2.75) is 155 Å². The molecule has 14 nitrogen and oxygen atoms in total. The number of hydrogen-bond donors (Lipinski definition) is 4. The minimum atomic E-state index is -1.07. The van der Waals surface area contributed by atoms with Gasteiger partial charge in [-0.25, -0.2) is 10.6 Å². The maximum Gasteiger partial charge on any atom is 0.315 e. The smallest absolute Gasteiger partial charge is 0.315 e. The first kappa shape index (κ1) is 42.8. The second-order valence-electron chi connectivity index (χ2n) is 20.1. The van der Waals surface area contributed by atoms with Crippen molar-refractivity contribution in [1.29, 1.82) is 0 Å². The Bertz CT molecular complexity index is 1590. The zero-order valence-electron chi connectivity index (χ0n) is 34.9. The topological polar surface area (TPSA) is 191 Å². The number of carbonyl (C=O) groups is 7. The number of hydrazine groups is 1. The largest absolute Gasteiger partial charge is 0.344 e. The molecular weight excluding hydrogens is 727 g/mol. The van der Waals surface area contributed by atoms with E-state index in [0.717, 1.165) is 82.1 Å². The van der Waals surface area contributed by atoms with E-state index in [1.165, 1.54) is 11.0 Å². The van der Waals surface area contributed by atoms with Gasteiger partial charge in [0.25, 0.3) is 0 Å². The fourth-order valence-corrected chi connectivity index (χ4v) is 10.5. The molecule has 1 spiro atoms. The van der Waals surface area contributed by atoms with Crippen LogP contribution in [0.3, 0.4) is 0 Å². The molecule has 6 aliphatic rings. The predicted octanol–water partition coefficient (Wildman–Crippen LogP) is 3.97. The molecule has 57 heavy (non-hydrogen) atoms. The van der Waals surface area contributed by atoms with Gasteiger partial charge in [0, 0.05) is 25.9 Å². The summed E-state index contributed by atoms with van der Waals surface area (Å²) in [6.45, 7) is 13.6.